The quantitative estimate of drug-likeness (QED) is 0.116. The van der Waals surface area contributed by atoms with Gasteiger partial charge in [-0.15, -0.1) is 0 Å². The summed E-state index contributed by atoms with van der Waals surface area (Å²) in [6.07, 6.45) is 27.7. The van der Waals surface area contributed by atoms with E-state index in [0.29, 0.717) is 11.4 Å². The predicted octanol–water partition coefficient (Wildman–Crippen LogP) is 10.6. The van der Waals surface area contributed by atoms with Crippen molar-refractivity contribution in [3.63, 3.8) is 0 Å². The average molecular weight is 629 g/mol. The number of hydrazone groups is 1. The van der Waals surface area contributed by atoms with E-state index in [0.717, 1.165) is 39.1 Å². The number of aromatic nitrogens is 1. The number of fused-ring (bicyclic) bond motifs is 6. The highest BCUT2D eigenvalue weighted by atomic mass is 15.3. The Morgan fingerprint density at radius 2 is 1.47 bits per heavy atom. The Labute approximate surface area is 285 Å². The van der Waals surface area contributed by atoms with Gasteiger partial charge in [0.2, 0.25) is 0 Å². The maximum absolute atomic E-state index is 9.64. The first kappa shape index (κ1) is 28.8. The third kappa shape index (κ3) is 5.15. The minimum atomic E-state index is 0.208. The third-order valence-corrected chi connectivity index (χ3v) is 9.83. The predicted molar refractivity (Wildman–Crippen MR) is 205 cm³/mol. The van der Waals surface area contributed by atoms with Gasteiger partial charge in [0.1, 0.15) is 5.71 Å². The van der Waals surface area contributed by atoms with E-state index in [1.165, 1.54) is 32.7 Å². The minimum absolute atomic E-state index is 0.208. The Morgan fingerprint density at radius 1 is 0.673 bits per heavy atom. The molecule has 0 radical (unpaired) electrons. The summed E-state index contributed by atoms with van der Waals surface area (Å²) in [6, 6.07) is 31.6. The first-order valence-corrected chi connectivity index (χ1v) is 16.6. The Hall–Kier alpha value is -6.39. The Bertz CT molecular complexity index is 2480. The summed E-state index contributed by atoms with van der Waals surface area (Å²) in [5.74, 6) is 0.490. The molecule has 4 aromatic carbocycles. The zero-order valence-electron chi connectivity index (χ0n) is 26.7. The van der Waals surface area contributed by atoms with E-state index >= 15 is 0 Å². The van der Waals surface area contributed by atoms with Gasteiger partial charge in [0.05, 0.1) is 11.4 Å². The monoisotopic (exact) mass is 628 g/mol. The van der Waals surface area contributed by atoms with Gasteiger partial charge in [-0.2, -0.15) is 5.10 Å². The lowest BCUT2D eigenvalue weighted by Crippen LogP contribution is -2.26. The van der Waals surface area contributed by atoms with E-state index in [1.54, 1.807) is 6.20 Å². The smallest absolute Gasteiger partial charge is 0.109 e. The molecule has 0 saturated heterocycles. The molecule has 2 N–H and O–H groups in total. The second kappa shape index (κ2) is 12.0. The van der Waals surface area contributed by atoms with E-state index in [4.69, 9.17) is 5.10 Å². The first-order chi connectivity index (χ1) is 24.2. The Kier molecular flexibility index (Phi) is 7.06. The third-order valence-electron chi connectivity index (χ3n) is 9.83. The number of allylic oxidation sites excluding steroid dienone is 16. The minimum Gasteiger partial charge on any atom is -0.298 e. The highest BCUT2D eigenvalue weighted by Gasteiger charge is 2.33. The van der Waals surface area contributed by atoms with Crippen molar-refractivity contribution in [2.45, 2.75) is 0 Å². The number of hydrogen-bond donors (Lipinski definition) is 2. The van der Waals surface area contributed by atoms with E-state index < -0.39 is 0 Å². The van der Waals surface area contributed by atoms with Crippen LogP contribution in [0.15, 0.2) is 198 Å². The number of benzene rings is 4. The number of nitrogens with one attached hydrogen (secondary N) is 2. The van der Waals surface area contributed by atoms with Crippen LogP contribution in [0.3, 0.4) is 0 Å². The summed E-state index contributed by atoms with van der Waals surface area (Å²) in [5, 5.41) is 19.4. The largest absolute Gasteiger partial charge is 0.298 e. The van der Waals surface area contributed by atoms with Crippen molar-refractivity contribution in [1.29, 1.82) is 5.41 Å². The molecule has 4 aliphatic rings. The number of hydrogen-bond acceptors (Lipinski definition) is 4. The van der Waals surface area contributed by atoms with Gasteiger partial charge >= 0.3 is 0 Å². The van der Waals surface area contributed by atoms with E-state index in [2.05, 4.69) is 144 Å². The lowest BCUT2D eigenvalue weighted by atomic mass is 9.69. The summed E-state index contributed by atoms with van der Waals surface area (Å²) in [6.45, 7) is 0. The molecular formula is C45H32N4. The highest BCUT2D eigenvalue weighted by Crippen LogP contribution is 2.44. The van der Waals surface area contributed by atoms with Gasteiger partial charge in [-0.05, 0) is 91.4 Å². The van der Waals surface area contributed by atoms with Crippen LogP contribution >= 0.6 is 0 Å². The summed E-state index contributed by atoms with van der Waals surface area (Å²) in [4.78, 5) is 4.29. The van der Waals surface area contributed by atoms with Gasteiger partial charge in [-0.1, -0.05) is 121 Å². The van der Waals surface area contributed by atoms with E-state index in [9.17, 15) is 5.41 Å². The fourth-order valence-corrected chi connectivity index (χ4v) is 7.47. The lowest BCUT2D eigenvalue weighted by molar-refractivity contribution is 0.610. The van der Waals surface area contributed by atoms with Crippen LogP contribution in [0.2, 0.25) is 0 Å². The molecule has 0 amide bonds. The second-order valence-corrected chi connectivity index (χ2v) is 12.7. The van der Waals surface area contributed by atoms with Crippen LogP contribution in [0.4, 0.5) is 5.69 Å². The summed E-state index contributed by atoms with van der Waals surface area (Å²) >= 11 is 0. The molecule has 0 spiro atoms. The molecule has 232 valence electrons. The maximum Gasteiger partial charge on any atom is 0.109 e. The van der Waals surface area contributed by atoms with Gasteiger partial charge in [-0.3, -0.25) is 15.8 Å². The molecule has 4 aliphatic carbocycles. The van der Waals surface area contributed by atoms with E-state index in [1.807, 2.05) is 30.5 Å². The van der Waals surface area contributed by atoms with Crippen molar-refractivity contribution in [3.8, 4) is 11.1 Å². The number of nitrogens with zero attached hydrogens (tertiary/aromatic N) is 2. The maximum atomic E-state index is 9.64. The summed E-state index contributed by atoms with van der Waals surface area (Å²) in [7, 11) is 0. The van der Waals surface area contributed by atoms with E-state index in [-0.39, 0.29) is 11.8 Å². The van der Waals surface area contributed by atoms with Crippen molar-refractivity contribution in [2.24, 2.45) is 16.9 Å². The standard InChI is InChI=1S/C45H32N4/c46-45-43(42-25-31-12-2-4-17-36(31)38-19-6-8-21-40(38)42)26-33(41-24-30-11-1-3-16-35(30)37-18-5-7-20-39(37)41)27-44(45)49-48-34-15-9-13-29(23-34)32-14-10-22-47-28-32/h1-28,36,38,46,48H/b46-45?,49-44-. The topological polar surface area (TPSA) is 61.1 Å². The lowest BCUT2D eigenvalue weighted by Gasteiger charge is -2.34. The van der Waals surface area contributed by atoms with Crippen LogP contribution < -0.4 is 5.43 Å². The molecule has 49 heavy (non-hydrogen) atoms. The fourth-order valence-electron chi connectivity index (χ4n) is 7.47. The Morgan fingerprint density at radius 3 is 2.35 bits per heavy atom. The van der Waals surface area contributed by atoms with Crippen molar-refractivity contribution in [2.75, 3.05) is 5.43 Å². The fraction of sp³-hybridized carbons (Fsp3) is 0.0444. The van der Waals surface area contributed by atoms with Crippen molar-refractivity contribution < 1.29 is 0 Å². The zero-order chi connectivity index (χ0) is 32.7. The van der Waals surface area contributed by atoms with Gasteiger partial charge in [0.15, 0.2) is 0 Å². The van der Waals surface area contributed by atoms with Gasteiger partial charge in [0.25, 0.3) is 0 Å². The van der Waals surface area contributed by atoms with Gasteiger partial charge in [-0.25, -0.2) is 0 Å². The summed E-state index contributed by atoms with van der Waals surface area (Å²) < 4.78 is 0. The molecule has 4 nitrogen and oxygen atoms in total. The molecule has 2 atom stereocenters. The van der Waals surface area contributed by atoms with Crippen molar-refractivity contribution >= 4 is 44.2 Å². The van der Waals surface area contributed by atoms with Crippen LogP contribution in [0.25, 0.3) is 38.2 Å². The zero-order valence-corrected chi connectivity index (χ0v) is 26.7. The van der Waals surface area contributed by atoms with Crippen molar-refractivity contribution in [3.05, 3.63) is 198 Å². The van der Waals surface area contributed by atoms with Crippen LogP contribution in [-0.2, 0) is 0 Å². The number of rotatable bonds is 5. The molecule has 1 heterocycles. The number of pyridine rings is 1. The molecule has 1 aromatic heterocycles. The van der Waals surface area contributed by atoms with Gasteiger partial charge in [0, 0.05) is 35.4 Å². The molecule has 0 bridgehead atoms. The average Bonchev–Trinajstić information content (AvgIpc) is 3.17. The van der Waals surface area contributed by atoms with Crippen LogP contribution in [0.1, 0.15) is 5.56 Å². The Balaban J connectivity index is 1.21. The van der Waals surface area contributed by atoms with Gasteiger partial charge < -0.3 is 0 Å². The summed E-state index contributed by atoms with van der Waals surface area (Å²) in [5.41, 5.74) is 13.8. The van der Waals surface area contributed by atoms with Crippen LogP contribution in [0, 0.1) is 17.2 Å². The van der Waals surface area contributed by atoms with Crippen molar-refractivity contribution in [1.82, 2.24) is 4.98 Å². The SMILES string of the molecule is N=C1C(C2=C3C=CC=CC3C3C=CC=CC3=C2)=CC(c2cc3ccccc3c3ccccc23)=C/C1=N/Nc1cccc(-c2cccnc2)c1. The molecule has 4 heteroatoms. The van der Waals surface area contributed by atoms with Crippen LogP contribution in [-0.4, -0.2) is 16.4 Å². The first-order valence-electron chi connectivity index (χ1n) is 16.6. The molecule has 2 unspecified atom stereocenters. The second-order valence-electron chi connectivity index (χ2n) is 12.7. The molecule has 0 saturated carbocycles. The highest BCUT2D eigenvalue weighted by molar-refractivity contribution is 6.54. The molecule has 9 rings (SSSR count). The molecule has 0 fully saturated rings. The van der Waals surface area contributed by atoms with Crippen LogP contribution in [0.5, 0.6) is 0 Å². The molecular weight excluding hydrogens is 597 g/mol. The normalized spacial score (nSPS) is 20.3. The number of anilines is 1. The molecule has 0 aliphatic heterocycles. The molecule has 5 aromatic rings.